The highest BCUT2D eigenvalue weighted by atomic mass is 16.1. The van der Waals surface area contributed by atoms with Crippen LogP contribution in [0.3, 0.4) is 0 Å². The molecule has 22 heavy (non-hydrogen) atoms. The molecule has 0 atom stereocenters. The molecular weight excluding hydrogens is 276 g/mol. The summed E-state index contributed by atoms with van der Waals surface area (Å²) in [6, 6.07) is 13.0. The fourth-order valence-electron chi connectivity index (χ4n) is 2.12. The van der Waals surface area contributed by atoms with Crippen molar-refractivity contribution in [3.8, 4) is 28.6 Å². The molecule has 0 bridgehead atoms. The molecule has 0 amide bonds. The fraction of sp³-hybridized carbons (Fsp3) is 0.0588. The van der Waals surface area contributed by atoms with Crippen molar-refractivity contribution in [3.05, 3.63) is 70.4 Å². The monoisotopic (exact) mass is 288 g/mol. The number of hydrogen-bond acceptors (Lipinski definition) is 4. The first kappa shape index (κ1) is 13.7. The number of nitriles is 1. The van der Waals surface area contributed by atoms with Crippen LogP contribution in [0.4, 0.5) is 0 Å². The number of aryl methyl sites for hydroxylation is 1. The largest absolute Gasteiger partial charge is 0.328 e. The maximum absolute atomic E-state index is 12.1. The van der Waals surface area contributed by atoms with Gasteiger partial charge in [0.25, 0.3) is 5.56 Å². The molecule has 5 heteroatoms. The van der Waals surface area contributed by atoms with E-state index in [4.69, 9.17) is 5.26 Å². The van der Waals surface area contributed by atoms with E-state index in [9.17, 15) is 4.79 Å². The molecule has 1 N–H and O–H groups in total. The van der Waals surface area contributed by atoms with Crippen LogP contribution >= 0.6 is 0 Å². The second-order valence-corrected chi connectivity index (χ2v) is 4.87. The van der Waals surface area contributed by atoms with Gasteiger partial charge in [-0.05, 0) is 24.6 Å². The fourth-order valence-corrected chi connectivity index (χ4v) is 2.12. The average Bonchev–Trinajstić information content (AvgIpc) is 2.56. The topological polar surface area (TPSA) is 82.4 Å². The number of nitrogens with one attached hydrogen (secondary N) is 1. The second-order valence-electron chi connectivity index (χ2n) is 4.87. The zero-order valence-electron chi connectivity index (χ0n) is 11.9. The number of rotatable bonds is 2. The Balaban J connectivity index is 2.12. The molecular formula is C17H12N4O. The van der Waals surface area contributed by atoms with Gasteiger partial charge in [-0.2, -0.15) is 5.26 Å². The van der Waals surface area contributed by atoms with Crippen LogP contribution in [0.1, 0.15) is 11.3 Å². The minimum absolute atomic E-state index is 0.177. The van der Waals surface area contributed by atoms with E-state index in [1.807, 2.05) is 37.3 Å². The standard InChI is InChI=1S/C17H12N4O/c1-11-2-4-12(5-3-11)15-8-13(10-20-17(15)22)16-19-7-6-14(9-18)21-16/h2-8,10H,1H3,(H,20,22). The van der Waals surface area contributed by atoms with Crippen molar-refractivity contribution < 1.29 is 0 Å². The number of aromatic amines is 1. The molecule has 2 aromatic heterocycles. The first-order valence-electron chi connectivity index (χ1n) is 6.70. The van der Waals surface area contributed by atoms with Gasteiger partial charge in [-0.1, -0.05) is 29.8 Å². The van der Waals surface area contributed by atoms with Crippen LogP contribution in [-0.2, 0) is 0 Å². The van der Waals surface area contributed by atoms with Gasteiger partial charge in [0.15, 0.2) is 5.82 Å². The van der Waals surface area contributed by atoms with Gasteiger partial charge >= 0.3 is 0 Å². The number of nitrogens with zero attached hydrogens (tertiary/aromatic N) is 3. The molecule has 0 spiro atoms. The third-order valence-corrected chi connectivity index (χ3v) is 3.29. The van der Waals surface area contributed by atoms with Crippen LogP contribution in [-0.4, -0.2) is 15.0 Å². The van der Waals surface area contributed by atoms with Gasteiger partial charge in [0, 0.05) is 23.5 Å². The van der Waals surface area contributed by atoms with E-state index < -0.39 is 0 Å². The summed E-state index contributed by atoms with van der Waals surface area (Å²) in [6.45, 7) is 1.99. The van der Waals surface area contributed by atoms with Gasteiger partial charge in [0.1, 0.15) is 11.8 Å². The first-order chi connectivity index (χ1) is 10.7. The number of H-pyrrole nitrogens is 1. The Hall–Kier alpha value is -3.26. The van der Waals surface area contributed by atoms with E-state index in [2.05, 4.69) is 15.0 Å². The summed E-state index contributed by atoms with van der Waals surface area (Å²) >= 11 is 0. The minimum Gasteiger partial charge on any atom is -0.328 e. The number of pyridine rings is 1. The molecule has 1 aromatic carbocycles. The van der Waals surface area contributed by atoms with Gasteiger partial charge in [0.2, 0.25) is 0 Å². The minimum atomic E-state index is -0.177. The summed E-state index contributed by atoms with van der Waals surface area (Å²) < 4.78 is 0. The SMILES string of the molecule is Cc1ccc(-c2cc(-c3nccc(C#N)n3)c[nH]c2=O)cc1. The lowest BCUT2D eigenvalue weighted by molar-refractivity contribution is 1.13. The summed E-state index contributed by atoms with van der Waals surface area (Å²) in [4.78, 5) is 23.1. The number of benzene rings is 1. The van der Waals surface area contributed by atoms with Crippen LogP contribution in [0, 0.1) is 18.3 Å². The smallest absolute Gasteiger partial charge is 0.255 e. The maximum Gasteiger partial charge on any atom is 0.255 e. The summed E-state index contributed by atoms with van der Waals surface area (Å²) in [5.41, 5.74) is 3.26. The molecule has 5 nitrogen and oxygen atoms in total. The van der Waals surface area contributed by atoms with E-state index in [1.165, 1.54) is 12.3 Å². The highest BCUT2D eigenvalue weighted by molar-refractivity contribution is 5.68. The van der Waals surface area contributed by atoms with Crippen molar-refractivity contribution in [1.29, 1.82) is 5.26 Å². The molecule has 0 aliphatic rings. The van der Waals surface area contributed by atoms with Crippen LogP contribution in [0.5, 0.6) is 0 Å². The quantitative estimate of drug-likeness (QED) is 0.786. The van der Waals surface area contributed by atoms with E-state index >= 15 is 0 Å². The van der Waals surface area contributed by atoms with Gasteiger partial charge < -0.3 is 4.98 Å². The lowest BCUT2D eigenvalue weighted by Gasteiger charge is -2.05. The summed E-state index contributed by atoms with van der Waals surface area (Å²) in [5.74, 6) is 0.406. The van der Waals surface area contributed by atoms with Crippen molar-refractivity contribution in [2.24, 2.45) is 0 Å². The Morgan fingerprint density at radius 1 is 1.14 bits per heavy atom. The molecule has 0 saturated heterocycles. The van der Waals surface area contributed by atoms with Crippen LogP contribution in [0.25, 0.3) is 22.5 Å². The van der Waals surface area contributed by atoms with Crippen molar-refractivity contribution in [3.63, 3.8) is 0 Å². The van der Waals surface area contributed by atoms with Crippen LogP contribution in [0.15, 0.2) is 53.6 Å². The van der Waals surface area contributed by atoms with E-state index in [0.29, 0.717) is 17.0 Å². The molecule has 0 unspecified atom stereocenters. The summed E-state index contributed by atoms with van der Waals surface area (Å²) in [5, 5.41) is 8.91. The van der Waals surface area contributed by atoms with Crippen LogP contribution in [0.2, 0.25) is 0 Å². The Bertz CT molecular complexity index is 920. The first-order valence-corrected chi connectivity index (χ1v) is 6.70. The lowest BCUT2D eigenvalue weighted by Crippen LogP contribution is -2.08. The maximum atomic E-state index is 12.1. The van der Waals surface area contributed by atoms with Gasteiger partial charge in [-0.3, -0.25) is 4.79 Å². The van der Waals surface area contributed by atoms with E-state index in [0.717, 1.165) is 11.1 Å². The Labute approximate surface area is 126 Å². The van der Waals surface area contributed by atoms with Crippen molar-refractivity contribution in [2.45, 2.75) is 6.92 Å². The highest BCUT2D eigenvalue weighted by Gasteiger charge is 2.08. The summed E-state index contributed by atoms with van der Waals surface area (Å²) in [7, 11) is 0. The molecule has 2 heterocycles. The van der Waals surface area contributed by atoms with E-state index in [1.54, 1.807) is 12.3 Å². The highest BCUT2D eigenvalue weighted by Crippen LogP contribution is 2.21. The molecule has 106 valence electrons. The lowest BCUT2D eigenvalue weighted by atomic mass is 10.0. The predicted molar refractivity (Wildman–Crippen MR) is 83.0 cm³/mol. The van der Waals surface area contributed by atoms with Gasteiger partial charge in [0.05, 0.1) is 0 Å². The summed E-state index contributed by atoms with van der Waals surface area (Å²) in [6.07, 6.45) is 3.08. The Morgan fingerprint density at radius 2 is 1.91 bits per heavy atom. The number of aromatic nitrogens is 3. The van der Waals surface area contributed by atoms with Crippen molar-refractivity contribution in [2.75, 3.05) is 0 Å². The molecule has 0 radical (unpaired) electrons. The molecule has 0 fully saturated rings. The van der Waals surface area contributed by atoms with E-state index in [-0.39, 0.29) is 11.3 Å². The van der Waals surface area contributed by atoms with Crippen molar-refractivity contribution >= 4 is 0 Å². The van der Waals surface area contributed by atoms with Gasteiger partial charge in [-0.15, -0.1) is 0 Å². The molecule has 3 aromatic rings. The zero-order valence-corrected chi connectivity index (χ0v) is 11.9. The Morgan fingerprint density at radius 3 is 2.64 bits per heavy atom. The van der Waals surface area contributed by atoms with Crippen LogP contribution < -0.4 is 5.56 Å². The molecule has 0 aliphatic carbocycles. The third kappa shape index (κ3) is 2.63. The van der Waals surface area contributed by atoms with Crippen molar-refractivity contribution in [1.82, 2.24) is 15.0 Å². The molecule has 0 aliphatic heterocycles. The average molecular weight is 288 g/mol. The second kappa shape index (κ2) is 5.62. The zero-order chi connectivity index (χ0) is 15.5. The third-order valence-electron chi connectivity index (χ3n) is 3.29. The normalized spacial score (nSPS) is 10.2. The van der Waals surface area contributed by atoms with Gasteiger partial charge in [-0.25, -0.2) is 9.97 Å². The molecule has 3 rings (SSSR count). The molecule has 0 saturated carbocycles. The Kier molecular flexibility index (Phi) is 3.50. The predicted octanol–water partition coefficient (Wildman–Crippen LogP) is 2.68. The number of hydrogen-bond donors (Lipinski definition) is 1.